The zero-order valence-electron chi connectivity index (χ0n) is 16.7. The fourth-order valence-corrected chi connectivity index (χ4v) is 3.53. The van der Waals surface area contributed by atoms with Crippen LogP contribution in [0.4, 0.5) is 0 Å². The molecule has 0 bridgehead atoms. The average Bonchev–Trinajstić information content (AvgIpc) is 2.70. The van der Waals surface area contributed by atoms with E-state index >= 15 is 0 Å². The van der Waals surface area contributed by atoms with Gasteiger partial charge in [-0.2, -0.15) is 0 Å². The van der Waals surface area contributed by atoms with Crippen molar-refractivity contribution in [3.8, 4) is 0 Å². The van der Waals surface area contributed by atoms with Crippen molar-refractivity contribution in [1.29, 1.82) is 0 Å². The van der Waals surface area contributed by atoms with Crippen LogP contribution in [0.2, 0.25) is 0 Å². The molecular weight excluding hydrogens is 332 g/mol. The van der Waals surface area contributed by atoms with Crippen molar-refractivity contribution in [3.05, 3.63) is 71.3 Å². The second-order valence-corrected chi connectivity index (χ2v) is 7.47. The molecule has 0 spiro atoms. The lowest BCUT2D eigenvalue weighted by Gasteiger charge is -2.14. The number of carbonyl (C=O) groups is 1. The zero-order chi connectivity index (χ0) is 19.3. The Morgan fingerprint density at radius 1 is 0.815 bits per heavy atom. The molecule has 1 N–H and O–H groups in total. The number of aliphatic hydroxyl groups excluding tert-OH is 1. The van der Waals surface area contributed by atoms with Crippen molar-refractivity contribution in [3.63, 3.8) is 0 Å². The molecule has 1 atom stereocenters. The van der Waals surface area contributed by atoms with Gasteiger partial charge in [-0.3, -0.25) is 4.79 Å². The number of hydrogen-bond acceptors (Lipinski definition) is 2. The molecule has 0 aliphatic carbocycles. The first-order valence-corrected chi connectivity index (χ1v) is 10.6. The molecule has 0 saturated carbocycles. The summed E-state index contributed by atoms with van der Waals surface area (Å²) in [5, 5.41) is 10.4. The van der Waals surface area contributed by atoms with Crippen molar-refractivity contribution in [2.75, 3.05) is 0 Å². The zero-order valence-corrected chi connectivity index (χ0v) is 16.7. The van der Waals surface area contributed by atoms with E-state index in [0.29, 0.717) is 17.5 Å². The third-order valence-electron chi connectivity index (χ3n) is 5.14. The number of ketones is 1. The Kier molecular flexibility index (Phi) is 9.86. The maximum atomic E-state index is 12.8. The Morgan fingerprint density at radius 2 is 1.41 bits per heavy atom. The van der Waals surface area contributed by atoms with Gasteiger partial charge in [0.2, 0.25) is 0 Å². The van der Waals surface area contributed by atoms with E-state index in [1.165, 1.54) is 44.9 Å². The highest BCUT2D eigenvalue weighted by atomic mass is 16.3. The van der Waals surface area contributed by atoms with E-state index in [-0.39, 0.29) is 11.9 Å². The standard InChI is InChI=1S/C25H34O2/c1-2-3-4-5-6-7-8-12-18-23(26)20-22-17-13-14-19-24(22)25(27)21-15-10-9-11-16-21/h9-11,13-17,19,23,26H,2-8,12,18,20H2,1H3. The highest BCUT2D eigenvalue weighted by Gasteiger charge is 2.15. The molecule has 0 aliphatic rings. The Labute approximate surface area is 164 Å². The van der Waals surface area contributed by atoms with E-state index < -0.39 is 0 Å². The normalized spacial score (nSPS) is 12.1. The van der Waals surface area contributed by atoms with Crippen LogP contribution in [0, 0.1) is 0 Å². The molecule has 27 heavy (non-hydrogen) atoms. The number of unbranched alkanes of at least 4 members (excludes halogenated alkanes) is 7. The van der Waals surface area contributed by atoms with Crippen molar-refractivity contribution in [1.82, 2.24) is 0 Å². The van der Waals surface area contributed by atoms with Gasteiger partial charge in [-0.1, -0.05) is 113 Å². The third-order valence-corrected chi connectivity index (χ3v) is 5.14. The second kappa shape index (κ2) is 12.5. The van der Waals surface area contributed by atoms with Crippen LogP contribution < -0.4 is 0 Å². The van der Waals surface area contributed by atoms with Gasteiger partial charge in [0, 0.05) is 11.1 Å². The predicted molar refractivity (Wildman–Crippen MR) is 113 cm³/mol. The molecule has 2 aromatic rings. The van der Waals surface area contributed by atoms with Gasteiger partial charge in [0.1, 0.15) is 0 Å². The third kappa shape index (κ3) is 7.68. The summed E-state index contributed by atoms with van der Waals surface area (Å²) in [5.41, 5.74) is 2.35. The molecule has 146 valence electrons. The van der Waals surface area contributed by atoms with Gasteiger partial charge in [0.05, 0.1) is 6.10 Å². The average molecular weight is 367 g/mol. The molecular formula is C25H34O2. The minimum Gasteiger partial charge on any atom is -0.393 e. The highest BCUT2D eigenvalue weighted by Crippen LogP contribution is 2.18. The van der Waals surface area contributed by atoms with Gasteiger partial charge in [0.15, 0.2) is 5.78 Å². The maximum absolute atomic E-state index is 12.8. The van der Waals surface area contributed by atoms with Gasteiger partial charge in [-0.15, -0.1) is 0 Å². The summed E-state index contributed by atoms with van der Waals surface area (Å²) in [5.74, 6) is 0.0329. The summed E-state index contributed by atoms with van der Waals surface area (Å²) in [6.07, 6.45) is 11.1. The number of rotatable bonds is 13. The van der Waals surface area contributed by atoms with Gasteiger partial charge in [-0.05, 0) is 18.4 Å². The molecule has 1 unspecified atom stereocenters. The van der Waals surface area contributed by atoms with Crippen LogP contribution in [0.1, 0.15) is 86.2 Å². The molecule has 2 nitrogen and oxygen atoms in total. The van der Waals surface area contributed by atoms with Gasteiger partial charge in [-0.25, -0.2) is 0 Å². The van der Waals surface area contributed by atoms with Crippen LogP contribution >= 0.6 is 0 Å². The molecule has 0 amide bonds. The predicted octanol–water partition coefficient (Wildman–Crippen LogP) is 6.35. The van der Waals surface area contributed by atoms with Crippen LogP contribution in [0.15, 0.2) is 54.6 Å². The summed E-state index contributed by atoms with van der Waals surface area (Å²) in [4.78, 5) is 12.8. The quantitative estimate of drug-likeness (QED) is 0.331. The Balaban J connectivity index is 1.79. The number of carbonyl (C=O) groups excluding carboxylic acids is 1. The monoisotopic (exact) mass is 366 g/mol. The van der Waals surface area contributed by atoms with E-state index in [2.05, 4.69) is 6.92 Å². The fourth-order valence-electron chi connectivity index (χ4n) is 3.53. The molecule has 0 saturated heterocycles. The Bertz CT molecular complexity index is 663. The van der Waals surface area contributed by atoms with Crippen LogP contribution in [0.3, 0.4) is 0 Å². The van der Waals surface area contributed by atoms with E-state index in [9.17, 15) is 9.90 Å². The summed E-state index contributed by atoms with van der Waals surface area (Å²) < 4.78 is 0. The number of hydrogen-bond donors (Lipinski definition) is 1. The van der Waals surface area contributed by atoms with Crippen LogP contribution in [0.5, 0.6) is 0 Å². The summed E-state index contributed by atoms with van der Waals surface area (Å²) in [7, 11) is 0. The molecule has 0 aliphatic heterocycles. The van der Waals surface area contributed by atoms with E-state index in [4.69, 9.17) is 0 Å². The van der Waals surface area contributed by atoms with Crippen molar-refractivity contribution in [2.45, 2.75) is 77.2 Å². The molecule has 2 rings (SSSR count). The topological polar surface area (TPSA) is 37.3 Å². The van der Waals surface area contributed by atoms with Crippen molar-refractivity contribution in [2.24, 2.45) is 0 Å². The Hall–Kier alpha value is -1.93. The largest absolute Gasteiger partial charge is 0.393 e. The lowest BCUT2D eigenvalue weighted by molar-refractivity contribution is 0.103. The van der Waals surface area contributed by atoms with Crippen molar-refractivity contribution >= 4 is 5.78 Å². The van der Waals surface area contributed by atoms with E-state index in [0.717, 1.165) is 18.4 Å². The second-order valence-electron chi connectivity index (χ2n) is 7.47. The Morgan fingerprint density at radius 3 is 2.11 bits per heavy atom. The first-order valence-electron chi connectivity index (χ1n) is 10.6. The molecule has 2 aromatic carbocycles. The van der Waals surface area contributed by atoms with E-state index in [1.807, 2.05) is 54.6 Å². The fraction of sp³-hybridized carbons (Fsp3) is 0.480. The molecule has 0 fully saturated rings. The molecule has 0 radical (unpaired) electrons. The van der Waals surface area contributed by atoms with Gasteiger partial charge >= 0.3 is 0 Å². The molecule has 2 heteroatoms. The number of benzene rings is 2. The number of aliphatic hydroxyl groups is 1. The smallest absolute Gasteiger partial charge is 0.193 e. The summed E-state index contributed by atoms with van der Waals surface area (Å²) >= 11 is 0. The SMILES string of the molecule is CCCCCCCCCCC(O)Cc1ccccc1C(=O)c1ccccc1. The summed E-state index contributed by atoms with van der Waals surface area (Å²) in [6.45, 7) is 2.24. The lowest BCUT2D eigenvalue weighted by Crippen LogP contribution is -2.14. The minimum absolute atomic E-state index is 0.0329. The van der Waals surface area contributed by atoms with Crippen LogP contribution in [-0.2, 0) is 6.42 Å². The van der Waals surface area contributed by atoms with Crippen LogP contribution in [0.25, 0.3) is 0 Å². The minimum atomic E-state index is -0.380. The van der Waals surface area contributed by atoms with Crippen LogP contribution in [-0.4, -0.2) is 17.0 Å². The maximum Gasteiger partial charge on any atom is 0.193 e. The van der Waals surface area contributed by atoms with Gasteiger partial charge in [0.25, 0.3) is 0 Å². The first-order chi connectivity index (χ1) is 13.2. The van der Waals surface area contributed by atoms with Crippen molar-refractivity contribution < 1.29 is 9.90 Å². The lowest BCUT2D eigenvalue weighted by atomic mass is 9.93. The first kappa shape index (κ1) is 21.4. The van der Waals surface area contributed by atoms with Gasteiger partial charge < -0.3 is 5.11 Å². The van der Waals surface area contributed by atoms with E-state index in [1.54, 1.807) is 0 Å². The summed E-state index contributed by atoms with van der Waals surface area (Å²) in [6, 6.07) is 17.0. The molecule has 0 aromatic heterocycles. The highest BCUT2D eigenvalue weighted by molar-refractivity contribution is 6.09. The molecule has 0 heterocycles.